The zero-order valence-corrected chi connectivity index (χ0v) is 27.4. The molecule has 8 nitrogen and oxygen atoms in total. The van der Waals surface area contributed by atoms with E-state index in [9.17, 15) is 9.59 Å². The number of hydrogen-bond acceptors (Lipinski definition) is 6. The third-order valence-corrected chi connectivity index (χ3v) is 25.6. The topological polar surface area (TPSA) is 77.5 Å². The fourth-order valence-electron chi connectivity index (χ4n) is 4.82. The molecule has 0 saturated carbocycles. The SMILES string of the molecule is CCC[Si]1(C)O[Si](C)(CCCN(C)C(C)=O)O[Si](C)(CCC)O[Si](C)(CCCN(C)C(C)=O)O1. The molecule has 1 rings (SSSR count). The van der Waals surface area contributed by atoms with E-state index in [0.717, 1.165) is 49.9 Å². The predicted molar refractivity (Wildman–Crippen MR) is 146 cm³/mol. The van der Waals surface area contributed by atoms with Crippen molar-refractivity contribution in [1.29, 1.82) is 0 Å². The monoisotopic (exact) mass is 550 g/mol. The van der Waals surface area contributed by atoms with Gasteiger partial charge in [0, 0.05) is 41.0 Å². The van der Waals surface area contributed by atoms with Crippen molar-refractivity contribution in [3.05, 3.63) is 0 Å². The van der Waals surface area contributed by atoms with Crippen LogP contribution in [-0.2, 0) is 26.0 Å². The summed E-state index contributed by atoms with van der Waals surface area (Å²) in [5.74, 6) is 0.149. The quantitative estimate of drug-likeness (QED) is 0.321. The van der Waals surface area contributed by atoms with E-state index in [4.69, 9.17) is 16.5 Å². The van der Waals surface area contributed by atoms with E-state index in [1.54, 1.807) is 23.6 Å². The van der Waals surface area contributed by atoms with Crippen molar-refractivity contribution in [3.63, 3.8) is 0 Å². The third kappa shape index (κ3) is 10.3. The Morgan fingerprint density at radius 1 is 0.588 bits per heavy atom. The van der Waals surface area contributed by atoms with Gasteiger partial charge in [0.15, 0.2) is 0 Å². The summed E-state index contributed by atoms with van der Waals surface area (Å²) < 4.78 is 28.0. The Morgan fingerprint density at radius 3 is 1.09 bits per heavy atom. The summed E-state index contributed by atoms with van der Waals surface area (Å²) in [4.78, 5) is 26.8. The lowest BCUT2D eigenvalue weighted by molar-refractivity contribution is -0.128. The van der Waals surface area contributed by atoms with Crippen LogP contribution in [0.15, 0.2) is 0 Å². The maximum Gasteiger partial charge on any atom is 0.317 e. The van der Waals surface area contributed by atoms with E-state index in [1.807, 2.05) is 14.1 Å². The zero-order chi connectivity index (χ0) is 26.2. The summed E-state index contributed by atoms with van der Waals surface area (Å²) in [5.41, 5.74) is 0. The normalized spacial score (nSPS) is 32.1. The number of carbonyl (C=O) groups excluding carboxylic acids is 2. The summed E-state index contributed by atoms with van der Waals surface area (Å²) >= 11 is 0. The first-order chi connectivity index (χ1) is 15.6. The van der Waals surface area contributed by atoms with E-state index in [0.29, 0.717) is 13.1 Å². The second-order valence-electron chi connectivity index (χ2n) is 10.5. The molecule has 200 valence electrons. The molecule has 0 spiro atoms. The van der Waals surface area contributed by atoms with E-state index < -0.39 is 34.2 Å². The van der Waals surface area contributed by atoms with Crippen molar-refractivity contribution in [1.82, 2.24) is 9.80 Å². The minimum atomic E-state index is -2.59. The minimum absolute atomic E-state index is 0.0746. The second kappa shape index (κ2) is 13.3. The molecule has 1 aliphatic heterocycles. The Bertz CT molecular complexity index is 616. The predicted octanol–water partition coefficient (Wildman–Crippen LogP) is 4.91. The van der Waals surface area contributed by atoms with Gasteiger partial charge in [-0.1, -0.05) is 26.7 Å². The lowest BCUT2D eigenvalue weighted by Crippen LogP contribution is -2.67. The molecular weight excluding hydrogens is 501 g/mol. The lowest BCUT2D eigenvalue weighted by atomic mass is 10.4. The lowest BCUT2D eigenvalue weighted by Gasteiger charge is -2.50. The number of rotatable bonds is 12. The Morgan fingerprint density at radius 2 is 0.853 bits per heavy atom. The standard InChI is InChI=1S/C22H50N2O6Si4/c1-11-17-31(7)27-33(9,19-13-15-23(5)21(3)25)29-32(8,18-12-2)30-34(10,28-31)20-14-16-24(6)22(4)26/h11-20H2,1-10H3. The van der Waals surface area contributed by atoms with Gasteiger partial charge in [0.2, 0.25) is 11.8 Å². The average molecular weight is 551 g/mol. The molecule has 1 aliphatic rings. The van der Waals surface area contributed by atoms with Gasteiger partial charge in [-0.15, -0.1) is 0 Å². The zero-order valence-electron chi connectivity index (χ0n) is 23.4. The summed E-state index contributed by atoms with van der Waals surface area (Å²) in [5, 5.41) is 0. The van der Waals surface area contributed by atoms with Crippen LogP contribution in [0.5, 0.6) is 0 Å². The molecule has 1 fully saturated rings. The Hall–Kier alpha value is -0.352. The van der Waals surface area contributed by atoms with Crippen molar-refractivity contribution < 1.29 is 26.0 Å². The summed E-state index contributed by atoms with van der Waals surface area (Å²) in [6.45, 7) is 17.6. The fraction of sp³-hybridized carbons (Fsp3) is 0.909. The van der Waals surface area contributed by atoms with Crippen LogP contribution < -0.4 is 0 Å². The number of nitrogens with zero attached hydrogens (tertiary/aromatic N) is 2. The highest BCUT2D eigenvalue weighted by atomic mass is 28.5. The summed E-state index contributed by atoms with van der Waals surface area (Å²) in [6.07, 6.45) is 3.67. The van der Waals surface area contributed by atoms with E-state index in [-0.39, 0.29) is 11.8 Å². The largest absolute Gasteiger partial charge is 0.416 e. The Labute approximate surface area is 212 Å². The van der Waals surface area contributed by atoms with Crippen LogP contribution in [-0.4, -0.2) is 83.0 Å². The first-order valence-electron chi connectivity index (χ1n) is 12.8. The molecule has 0 bridgehead atoms. The van der Waals surface area contributed by atoms with Gasteiger partial charge in [-0.05, 0) is 63.2 Å². The molecule has 0 N–H and O–H groups in total. The fourth-order valence-corrected chi connectivity index (χ4v) is 28.3. The minimum Gasteiger partial charge on any atom is -0.416 e. The van der Waals surface area contributed by atoms with Gasteiger partial charge in [-0.25, -0.2) is 0 Å². The highest BCUT2D eigenvalue weighted by molar-refractivity contribution is 6.93. The molecule has 1 heterocycles. The van der Waals surface area contributed by atoms with Crippen LogP contribution in [0.1, 0.15) is 53.4 Å². The van der Waals surface area contributed by atoms with Crippen LogP contribution in [0.4, 0.5) is 0 Å². The van der Waals surface area contributed by atoms with E-state index in [1.165, 1.54) is 0 Å². The smallest absolute Gasteiger partial charge is 0.317 e. The van der Waals surface area contributed by atoms with Gasteiger partial charge in [0.1, 0.15) is 0 Å². The molecule has 0 aromatic heterocycles. The molecule has 0 aromatic rings. The average Bonchev–Trinajstić information content (AvgIpc) is 2.65. The maximum atomic E-state index is 11.7. The first kappa shape index (κ1) is 31.7. The van der Waals surface area contributed by atoms with Crippen LogP contribution in [0.3, 0.4) is 0 Å². The van der Waals surface area contributed by atoms with Gasteiger partial charge in [0.05, 0.1) is 0 Å². The molecular formula is C22H50N2O6Si4. The van der Waals surface area contributed by atoms with Crippen molar-refractivity contribution in [2.24, 2.45) is 0 Å². The molecule has 1 saturated heterocycles. The van der Waals surface area contributed by atoms with Crippen molar-refractivity contribution in [2.75, 3.05) is 27.2 Å². The third-order valence-electron chi connectivity index (χ3n) is 6.46. The van der Waals surface area contributed by atoms with Gasteiger partial charge in [0.25, 0.3) is 0 Å². The number of amides is 2. The number of hydrogen-bond donors (Lipinski definition) is 0. The van der Waals surface area contributed by atoms with E-state index >= 15 is 0 Å². The van der Waals surface area contributed by atoms with Gasteiger partial charge in [-0.3, -0.25) is 9.59 Å². The Balaban J connectivity index is 3.16. The second-order valence-corrected chi connectivity index (χ2v) is 24.9. The van der Waals surface area contributed by atoms with Gasteiger partial charge in [-0.2, -0.15) is 0 Å². The van der Waals surface area contributed by atoms with Crippen molar-refractivity contribution in [3.8, 4) is 0 Å². The highest BCUT2D eigenvalue weighted by Crippen LogP contribution is 2.38. The van der Waals surface area contributed by atoms with Crippen LogP contribution in [0.25, 0.3) is 0 Å². The van der Waals surface area contributed by atoms with Gasteiger partial charge >= 0.3 is 34.2 Å². The molecule has 0 radical (unpaired) electrons. The van der Waals surface area contributed by atoms with E-state index in [2.05, 4.69) is 40.0 Å². The molecule has 0 aromatic carbocycles. The van der Waals surface area contributed by atoms with Crippen LogP contribution in [0, 0.1) is 0 Å². The number of carbonyl (C=O) groups is 2. The molecule has 0 unspecified atom stereocenters. The molecule has 34 heavy (non-hydrogen) atoms. The molecule has 12 heteroatoms. The summed E-state index contributed by atoms with van der Waals surface area (Å²) in [6, 6.07) is 3.44. The molecule has 0 aliphatic carbocycles. The molecule has 0 atom stereocenters. The van der Waals surface area contributed by atoms with Gasteiger partial charge < -0.3 is 26.3 Å². The van der Waals surface area contributed by atoms with Crippen LogP contribution in [0.2, 0.25) is 50.4 Å². The highest BCUT2D eigenvalue weighted by Gasteiger charge is 2.56. The Kier molecular flexibility index (Phi) is 12.4. The van der Waals surface area contributed by atoms with Crippen molar-refractivity contribution >= 4 is 46.1 Å². The first-order valence-corrected chi connectivity index (χ1v) is 22.9. The maximum absolute atomic E-state index is 11.7. The van der Waals surface area contributed by atoms with Crippen LogP contribution >= 0.6 is 0 Å². The van der Waals surface area contributed by atoms with Crippen molar-refractivity contribution in [2.45, 2.75) is 104 Å². The summed E-state index contributed by atoms with van der Waals surface area (Å²) in [7, 11) is -6.58. The molecule has 2 amide bonds.